The number of hydrogen-bond donors (Lipinski definition) is 3. The first kappa shape index (κ1) is 23.2. The number of aliphatic hydroxyl groups is 2. The smallest absolute Gasteiger partial charge is 0.323 e. The second-order valence-electron chi connectivity index (χ2n) is 7.86. The number of carbonyl (C=O) groups is 1. The van der Waals surface area contributed by atoms with Crippen molar-refractivity contribution >= 4 is 38.5 Å². The standard InChI is InChI=1S/C21H22F3N5O3S/c1-11-9-28(21(32)27-20-26-17-6-14(22)15(23)7-18(17)33-20)2-3-29(11)19-16(24)5-12(8-25-19)4-13(31)10-30/h5-8,11,13,30-31H,2-4,9-10H2,1H3,(H,26,27,32). The number of piperazine rings is 1. The van der Waals surface area contributed by atoms with Gasteiger partial charge < -0.3 is 20.0 Å². The minimum Gasteiger partial charge on any atom is -0.394 e. The molecule has 4 rings (SSSR count). The topological polar surface area (TPSA) is 102 Å². The highest BCUT2D eigenvalue weighted by Gasteiger charge is 2.29. The van der Waals surface area contributed by atoms with Gasteiger partial charge in [0.1, 0.15) is 0 Å². The molecule has 33 heavy (non-hydrogen) atoms. The van der Waals surface area contributed by atoms with Crippen LogP contribution in [0.2, 0.25) is 0 Å². The molecular formula is C21H22F3N5O3S. The Balaban J connectivity index is 1.40. The third kappa shape index (κ3) is 5.02. The summed E-state index contributed by atoms with van der Waals surface area (Å²) in [6, 6.07) is 2.65. The second-order valence-corrected chi connectivity index (χ2v) is 8.89. The van der Waals surface area contributed by atoms with E-state index < -0.39 is 36.2 Å². The second kappa shape index (κ2) is 9.49. The molecule has 2 unspecified atom stereocenters. The van der Waals surface area contributed by atoms with Crippen LogP contribution in [-0.2, 0) is 6.42 Å². The fourth-order valence-corrected chi connectivity index (χ4v) is 4.60. The number of nitrogens with zero attached hydrogens (tertiary/aromatic N) is 4. The molecule has 0 radical (unpaired) electrons. The van der Waals surface area contributed by atoms with Crippen molar-refractivity contribution in [1.82, 2.24) is 14.9 Å². The van der Waals surface area contributed by atoms with Gasteiger partial charge in [-0.3, -0.25) is 5.32 Å². The number of carbonyl (C=O) groups excluding carboxylic acids is 1. The number of nitrogens with one attached hydrogen (secondary N) is 1. The molecule has 2 aromatic heterocycles. The third-order valence-electron chi connectivity index (χ3n) is 5.39. The third-order valence-corrected chi connectivity index (χ3v) is 6.33. The van der Waals surface area contributed by atoms with Crippen molar-refractivity contribution in [3.63, 3.8) is 0 Å². The Morgan fingerprint density at radius 3 is 2.70 bits per heavy atom. The van der Waals surface area contributed by atoms with E-state index in [1.54, 1.807) is 9.80 Å². The monoisotopic (exact) mass is 481 g/mol. The number of pyridine rings is 1. The van der Waals surface area contributed by atoms with E-state index in [0.717, 1.165) is 23.5 Å². The fourth-order valence-electron chi connectivity index (χ4n) is 3.73. The number of anilines is 2. The van der Waals surface area contributed by atoms with E-state index >= 15 is 0 Å². The van der Waals surface area contributed by atoms with Crippen LogP contribution in [-0.4, -0.2) is 69.5 Å². The molecule has 2 amide bonds. The summed E-state index contributed by atoms with van der Waals surface area (Å²) < 4.78 is 41.9. The van der Waals surface area contributed by atoms with E-state index in [-0.39, 0.29) is 28.9 Å². The van der Waals surface area contributed by atoms with Crippen molar-refractivity contribution in [3.8, 4) is 0 Å². The number of fused-ring (bicyclic) bond motifs is 1. The summed E-state index contributed by atoms with van der Waals surface area (Å²) in [6.45, 7) is 2.36. The molecule has 0 bridgehead atoms. The first-order valence-corrected chi connectivity index (χ1v) is 11.1. The first-order chi connectivity index (χ1) is 15.7. The molecule has 176 valence electrons. The maximum absolute atomic E-state index is 14.7. The van der Waals surface area contributed by atoms with Gasteiger partial charge in [-0.05, 0) is 24.6 Å². The number of aromatic nitrogens is 2. The Labute approximate surface area is 191 Å². The molecule has 3 N–H and O–H groups in total. The van der Waals surface area contributed by atoms with Crippen molar-refractivity contribution in [2.75, 3.05) is 36.5 Å². The maximum atomic E-state index is 14.7. The van der Waals surface area contributed by atoms with Crippen molar-refractivity contribution in [2.45, 2.75) is 25.5 Å². The molecule has 2 atom stereocenters. The lowest BCUT2D eigenvalue weighted by Crippen LogP contribution is -2.55. The largest absolute Gasteiger partial charge is 0.394 e. The summed E-state index contributed by atoms with van der Waals surface area (Å²) in [5, 5.41) is 21.3. The summed E-state index contributed by atoms with van der Waals surface area (Å²) in [4.78, 5) is 24.3. The van der Waals surface area contributed by atoms with Gasteiger partial charge in [0.05, 0.1) is 22.9 Å². The number of thiazole rings is 1. The Hall–Kier alpha value is -2.96. The zero-order valence-electron chi connectivity index (χ0n) is 17.6. The van der Waals surface area contributed by atoms with E-state index in [0.29, 0.717) is 29.9 Å². The van der Waals surface area contributed by atoms with Crippen LogP contribution in [0.5, 0.6) is 0 Å². The Bertz CT molecular complexity index is 1140. The van der Waals surface area contributed by atoms with E-state index in [2.05, 4.69) is 15.3 Å². The molecule has 3 heterocycles. The van der Waals surface area contributed by atoms with E-state index in [1.165, 1.54) is 12.3 Å². The average Bonchev–Trinajstić information content (AvgIpc) is 3.15. The summed E-state index contributed by atoms with van der Waals surface area (Å²) in [5.74, 6) is -2.38. The van der Waals surface area contributed by atoms with Crippen LogP contribution in [0.25, 0.3) is 10.2 Å². The van der Waals surface area contributed by atoms with Gasteiger partial charge in [0.15, 0.2) is 28.4 Å². The minimum absolute atomic E-state index is 0.0925. The van der Waals surface area contributed by atoms with Gasteiger partial charge in [-0.25, -0.2) is 27.9 Å². The van der Waals surface area contributed by atoms with Crippen LogP contribution in [0, 0.1) is 17.5 Å². The van der Waals surface area contributed by atoms with Crippen molar-refractivity contribution in [3.05, 3.63) is 47.4 Å². The average molecular weight is 482 g/mol. The highest BCUT2D eigenvalue weighted by Crippen LogP contribution is 2.28. The van der Waals surface area contributed by atoms with Gasteiger partial charge in [-0.15, -0.1) is 0 Å². The predicted octanol–water partition coefficient (Wildman–Crippen LogP) is 2.75. The van der Waals surface area contributed by atoms with E-state index in [9.17, 15) is 23.1 Å². The van der Waals surface area contributed by atoms with Crippen LogP contribution < -0.4 is 10.2 Å². The highest BCUT2D eigenvalue weighted by molar-refractivity contribution is 7.22. The Morgan fingerprint density at radius 2 is 2.00 bits per heavy atom. The van der Waals surface area contributed by atoms with Crippen LogP contribution in [0.15, 0.2) is 24.4 Å². The summed E-state index contributed by atoms with van der Waals surface area (Å²) in [6.07, 6.45) is 0.573. The summed E-state index contributed by atoms with van der Waals surface area (Å²) in [7, 11) is 0. The highest BCUT2D eigenvalue weighted by atomic mass is 32.1. The summed E-state index contributed by atoms with van der Waals surface area (Å²) >= 11 is 1.04. The van der Waals surface area contributed by atoms with Crippen molar-refractivity contribution in [2.24, 2.45) is 0 Å². The molecule has 1 aliphatic heterocycles. The van der Waals surface area contributed by atoms with Crippen LogP contribution >= 0.6 is 11.3 Å². The number of halogens is 3. The molecule has 1 saturated heterocycles. The van der Waals surface area contributed by atoms with Gasteiger partial charge in [0.2, 0.25) is 0 Å². The number of rotatable bonds is 5. The number of aliphatic hydroxyl groups excluding tert-OH is 2. The normalized spacial score (nSPS) is 17.5. The molecule has 0 aliphatic carbocycles. The maximum Gasteiger partial charge on any atom is 0.323 e. The summed E-state index contributed by atoms with van der Waals surface area (Å²) in [5.41, 5.74) is 0.725. The number of benzene rings is 1. The van der Waals surface area contributed by atoms with Crippen LogP contribution in [0.4, 0.5) is 28.9 Å². The van der Waals surface area contributed by atoms with Gasteiger partial charge in [-0.1, -0.05) is 11.3 Å². The van der Waals surface area contributed by atoms with Crippen LogP contribution in [0.3, 0.4) is 0 Å². The lowest BCUT2D eigenvalue weighted by atomic mass is 10.1. The zero-order valence-corrected chi connectivity index (χ0v) is 18.4. The molecule has 1 aromatic carbocycles. The van der Waals surface area contributed by atoms with Gasteiger partial charge in [0, 0.05) is 44.4 Å². The Morgan fingerprint density at radius 1 is 1.24 bits per heavy atom. The Kier molecular flexibility index (Phi) is 6.68. The van der Waals surface area contributed by atoms with Crippen molar-refractivity contribution in [1.29, 1.82) is 0 Å². The molecule has 0 spiro atoms. The van der Waals surface area contributed by atoms with Gasteiger partial charge in [0.25, 0.3) is 0 Å². The van der Waals surface area contributed by atoms with Crippen LogP contribution in [0.1, 0.15) is 12.5 Å². The number of urea groups is 1. The van der Waals surface area contributed by atoms with E-state index in [1.807, 2.05) is 6.92 Å². The number of hydrogen-bond acceptors (Lipinski definition) is 7. The zero-order chi connectivity index (χ0) is 23.7. The lowest BCUT2D eigenvalue weighted by Gasteiger charge is -2.40. The minimum atomic E-state index is -1.01. The molecule has 1 fully saturated rings. The molecular weight excluding hydrogens is 459 g/mol. The van der Waals surface area contributed by atoms with Gasteiger partial charge >= 0.3 is 6.03 Å². The van der Waals surface area contributed by atoms with Gasteiger partial charge in [-0.2, -0.15) is 0 Å². The molecule has 3 aromatic rings. The fraction of sp³-hybridized carbons (Fsp3) is 0.381. The molecule has 1 aliphatic rings. The van der Waals surface area contributed by atoms with E-state index in [4.69, 9.17) is 5.11 Å². The number of amides is 2. The first-order valence-electron chi connectivity index (χ1n) is 10.3. The predicted molar refractivity (Wildman–Crippen MR) is 118 cm³/mol. The lowest BCUT2D eigenvalue weighted by molar-refractivity contribution is 0.0954. The quantitative estimate of drug-likeness (QED) is 0.518. The molecule has 8 nitrogen and oxygen atoms in total. The molecule has 0 saturated carbocycles. The van der Waals surface area contributed by atoms with Crippen molar-refractivity contribution < 1.29 is 28.2 Å². The molecule has 12 heteroatoms. The SMILES string of the molecule is CC1CN(C(=O)Nc2nc3cc(F)c(F)cc3s2)CCN1c1ncc(CC(O)CO)cc1F.